The molecule has 0 fully saturated rings. The second-order valence-corrected chi connectivity index (χ2v) is 7.06. The van der Waals surface area contributed by atoms with Crippen molar-refractivity contribution in [3.63, 3.8) is 0 Å². The van der Waals surface area contributed by atoms with Crippen LogP contribution >= 0.6 is 11.6 Å². The number of aromatic hydroxyl groups is 1. The first-order chi connectivity index (χ1) is 12.0. The van der Waals surface area contributed by atoms with Crippen LogP contribution in [0, 0.1) is 5.92 Å². The Kier molecular flexibility index (Phi) is 5.30. The van der Waals surface area contributed by atoms with Gasteiger partial charge in [-0.1, -0.05) is 37.6 Å². The lowest BCUT2D eigenvalue weighted by Gasteiger charge is -2.32. The Morgan fingerprint density at radius 1 is 1.24 bits per heavy atom. The minimum atomic E-state index is -0.0511. The molecule has 0 saturated heterocycles. The van der Waals surface area contributed by atoms with Gasteiger partial charge in [-0.15, -0.1) is 0 Å². The van der Waals surface area contributed by atoms with Crippen LogP contribution in [-0.2, 0) is 0 Å². The van der Waals surface area contributed by atoms with Crippen molar-refractivity contribution in [1.29, 1.82) is 0 Å². The molecule has 3 rings (SSSR count). The van der Waals surface area contributed by atoms with Crippen molar-refractivity contribution in [2.45, 2.75) is 32.5 Å². The number of nitrogens with zero attached hydrogens (tertiary/aromatic N) is 1. The Balaban J connectivity index is 1.99. The first-order valence-corrected chi connectivity index (χ1v) is 8.81. The van der Waals surface area contributed by atoms with Crippen LogP contribution in [-0.4, -0.2) is 24.1 Å². The first kappa shape index (κ1) is 17.8. The Morgan fingerprint density at radius 2 is 2.04 bits per heavy atom. The Bertz CT molecular complexity index is 789. The molecular weight excluding hydrogens is 336 g/mol. The Morgan fingerprint density at radius 3 is 2.76 bits per heavy atom. The zero-order valence-electron chi connectivity index (χ0n) is 14.7. The van der Waals surface area contributed by atoms with Gasteiger partial charge in [0.2, 0.25) is 0 Å². The molecule has 0 radical (unpaired) electrons. The molecule has 1 heterocycles. The number of halogens is 1. The van der Waals surface area contributed by atoms with Crippen LogP contribution in [0.15, 0.2) is 47.5 Å². The molecule has 1 aliphatic heterocycles. The number of hydrogen-bond acceptors (Lipinski definition) is 4. The minimum absolute atomic E-state index is 0.0293. The van der Waals surface area contributed by atoms with Crippen molar-refractivity contribution in [2.75, 3.05) is 7.11 Å². The van der Waals surface area contributed by atoms with Gasteiger partial charge in [-0.3, -0.25) is 10.3 Å². The molecule has 2 atom stereocenters. The van der Waals surface area contributed by atoms with Crippen molar-refractivity contribution in [3.8, 4) is 11.5 Å². The summed E-state index contributed by atoms with van der Waals surface area (Å²) in [5.74, 6) is 1.38. The van der Waals surface area contributed by atoms with Crippen LogP contribution in [0.5, 0.6) is 11.5 Å². The van der Waals surface area contributed by atoms with Gasteiger partial charge in [0.15, 0.2) is 0 Å². The largest absolute Gasteiger partial charge is 0.508 e. The summed E-state index contributed by atoms with van der Waals surface area (Å²) in [5.41, 5.74) is 2.84. The molecule has 2 aromatic rings. The molecule has 0 amide bonds. The fraction of sp³-hybridized carbons (Fsp3) is 0.350. The van der Waals surface area contributed by atoms with Gasteiger partial charge < -0.3 is 9.84 Å². The van der Waals surface area contributed by atoms with E-state index in [-0.39, 0.29) is 18.0 Å². The summed E-state index contributed by atoms with van der Waals surface area (Å²) in [6.45, 7) is 4.26. The molecule has 5 heteroatoms. The molecule has 0 unspecified atom stereocenters. The summed E-state index contributed by atoms with van der Waals surface area (Å²) >= 11 is 6.14. The van der Waals surface area contributed by atoms with Gasteiger partial charge in [-0.2, -0.15) is 0 Å². The number of benzene rings is 2. The molecule has 0 spiro atoms. The van der Waals surface area contributed by atoms with Gasteiger partial charge in [-0.25, -0.2) is 0 Å². The van der Waals surface area contributed by atoms with Crippen LogP contribution in [0.1, 0.15) is 37.4 Å². The Hall–Kier alpha value is -2.04. The van der Waals surface area contributed by atoms with Crippen LogP contribution < -0.4 is 10.1 Å². The third-order valence-corrected chi connectivity index (χ3v) is 4.70. The second-order valence-electron chi connectivity index (χ2n) is 6.62. The van der Waals surface area contributed by atoms with Crippen LogP contribution in [0.25, 0.3) is 0 Å². The monoisotopic (exact) mass is 358 g/mol. The van der Waals surface area contributed by atoms with Crippen molar-refractivity contribution in [3.05, 3.63) is 58.6 Å². The average Bonchev–Trinajstić information content (AvgIpc) is 2.63. The van der Waals surface area contributed by atoms with Gasteiger partial charge in [-0.05, 0) is 41.8 Å². The van der Waals surface area contributed by atoms with Crippen LogP contribution in [0.3, 0.4) is 0 Å². The van der Waals surface area contributed by atoms with Crippen molar-refractivity contribution in [1.82, 2.24) is 5.32 Å². The topological polar surface area (TPSA) is 53.8 Å². The molecule has 4 nitrogen and oxygen atoms in total. The third kappa shape index (κ3) is 3.97. The lowest BCUT2D eigenvalue weighted by molar-refractivity contribution is 0.345. The van der Waals surface area contributed by atoms with Gasteiger partial charge in [0, 0.05) is 28.8 Å². The number of hydrogen-bond donors (Lipinski definition) is 2. The zero-order chi connectivity index (χ0) is 18.0. The maximum Gasteiger partial charge on any atom is 0.120 e. The highest BCUT2D eigenvalue weighted by atomic mass is 35.5. The molecule has 132 valence electrons. The fourth-order valence-corrected chi connectivity index (χ4v) is 3.24. The van der Waals surface area contributed by atoms with E-state index in [0.717, 1.165) is 22.6 Å². The predicted molar refractivity (Wildman–Crippen MR) is 102 cm³/mol. The van der Waals surface area contributed by atoms with E-state index in [1.54, 1.807) is 19.2 Å². The van der Waals surface area contributed by atoms with Gasteiger partial charge in [0.25, 0.3) is 0 Å². The highest BCUT2D eigenvalue weighted by molar-refractivity contribution is 6.30. The van der Waals surface area contributed by atoms with Crippen LogP contribution in [0.2, 0.25) is 5.02 Å². The molecular formula is C20H23ClN2O2. The van der Waals surface area contributed by atoms with E-state index < -0.39 is 0 Å². The summed E-state index contributed by atoms with van der Waals surface area (Å²) < 4.78 is 5.34. The van der Waals surface area contributed by atoms with Crippen molar-refractivity contribution >= 4 is 17.3 Å². The third-order valence-electron chi connectivity index (χ3n) is 4.46. The standard InChI is InChI=1S/C20H23ClN2O2/c1-12(2)20-22-17(13-5-4-6-15(9-13)25-3)11-18(23-20)16-10-14(21)7-8-19(16)24/h4-10,12,18,20,23-24H,11H2,1-3H3/t18-,20+/m0/s1. The normalized spacial score (nSPS) is 20.4. The number of rotatable bonds is 4. The molecule has 1 aliphatic rings. The molecule has 25 heavy (non-hydrogen) atoms. The summed E-state index contributed by atoms with van der Waals surface area (Å²) in [6.07, 6.45) is 0.642. The van der Waals surface area contributed by atoms with Crippen molar-refractivity contribution < 1.29 is 9.84 Å². The number of phenolic OH excluding ortho intramolecular Hbond substituents is 1. The highest BCUT2D eigenvalue weighted by Crippen LogP contribution is 2.34. The number of phenols is 1. The molecule has 0 bridgehead atoms. The van der Waals surface area contributed by atoms with E-state index in [1.807, 2.05) is 30.3 Å². The maximum atomic E-state index is 10.3. The number of ether oxygens (including phenoxy) is 1. The number of nitrogens with one attached hydrogen (secondary N) is 1. The van der Waals surface area contributed by atoms with Gasteiger partial charge in [0.05, 0.1) is 7.11 Å². The smallest absolute Gasteiger partial charge is 0.120 e. The lowest BCUT2D eigenvalue weighted by atomic mass is 9.93. The van der Waals surface area contributed by atoms with Crippen LogP contribution in [0.4, 0.5) is 0 Å². The molecule has 0 aliphatic carbocycles. The highest BCUT2D eigenvalue weighted by Gasteiger charge is 2.28. The zero-order valence-corrected chi connectivity index (χ0v) is 15.4. The van der Waals surface area contributed by atoms with Gasteiger partial charge >= 0.3 is 0 Å². The summed E-state index contributed by atoms with van der Waals surface area (Å²) in [5, 5.41) is 14.4. The molecule has 0 aromatic heterocycles. The summed E-state index contributed by atoms with van der Waals surface area (Å²) in [7, 11) is 1.66. The van der Waals surface area contributed by atoms with E-state index >= 15 is 0 Å². The number of aliphatic imine (C=N–C) groups is 1. The molecule has 0 saturated carbocycles. The SMILES string of the molecule is COc1cccc(C2=N[C@@H](C(C)C)N[C@H](c3cc(Cl)ccc3O)C2)c1. The van der Waals surface area contributed by atoms with E-state index in [4.69, 9.17) is 21.3 Å². The number of methoxy groups -OCH3 is 1. The quantitative estimate of drug-likeness (QED) is 0.842. The summed E-state index contributed by atoms with van der Waals surface area (Å²) in [4.78, 5) is 4.89. The average molecular weight is 359 g/mol. The minimum Gasteiger partial charge on any atom is -0.508 e. The fourth-order valence-electron chi connectivity index (χ4n) is 3.06. The first-order valence-electron chi connectivity index (χ1n) is 8.43. The van der Waals surface area contributed by atoms with E-state index in [1.165, 1.54) is 0 Å². The predicted octanol–water partition coefficient (Wildman–Crippen LogP) is 4.56. The summed E-state index contributed by atoms with van der Waals surface area (Å²) in [6, 6.07) is 13.0. The van der Waals surface area contributed by atoms with E-state index in [9.17, 15) is 5.11 Å². The van der Waals surface area contributed by atoms with Gasteiger partial charge in [0.1, 0.15) is 17.7 Å². The molecule has 2 N–H and O–H groups in total. The lowest BCUT2D eigenvalue weighted by Crippen LogP contribution is -2.41. The maximum absolute atomic E-state index is 10.3. The molecule has 2 aromatic carbocycles. The second kappa shape index (κ2) is 7.46. The van der Waals surface area contributed by atoms with Crippen molar-refractivity contribution in [2.24, 2.45) is 10.9 Å². The van der Waals surface area contributed by atoms with E-state index in [2.05, 4.69) is 19.2 Å². The van der Waals surface area contributed by atoms with E-state index in [0.29, 0.717) is 17.4 Å². The Labute approximate surface area is 153 Å².